The van der Waals surface area contributed by atoms with Crippen molar-refractivity contribution in [2.75, 3.05) is 6.61 Å². The van der Waals surface area contributed by atoms with Crippen LogP contribution in [0.25, 0.3) is 0 Å². The summed E-state index contributed by atoms with van der Waals surface area (Å²) in [4.78, 5) is 0. The van der Waals surface area contributed by atoms with Crippen LogP contribution in [0, 0.1) is 6.92 Å². The Morgan fingerprint density at radius 1 is 1.88 bits per heavy atom. The molecule has 0 bridgehead atoms. The van der Waals surface area contributed by atoms with Crippen molar-refractivity contribution in [1.29, 1.82) is 0 Å². The second kappa shape index (κ2) is 3.64. The lowest BCUT2D eigenvalue weighted by atomic mass is 10.4. The first-order valence-electron chi connectivity index (χ1n) is 2.38. The van der Waals surface area contributed by atoms with Gasteiger partial charge in [-0.1, -0.05) is 12.2 Å². The Labute approximate surface area is 49.8 Å². The summed E-state index contributed by atoms with van der Waals surface area (Å²) in [6, 6.07) is 0. The van der Waals surface area contributed by atoms with E-state index in [4.69, 9.17) is 0 Å². The molecule has 0 aliphatic rings. The third-order valence-electron chi connectivity index (χ3n) is 0.516. The average Bonchev–Trinajstić information content (AvgIpc) is 1.61. The lowest BCUT2D eigenvalue weighted by Gasteiger charge is -2.01. The third-order valence-corrected chi connectivity index (χ3v) is 0.516. The third kappa shape index (κ3) is 5.66. The lowest BCUT2D eigenvalue weighted by molar-refractivity contribution is -0.100. The second-order valence-electron chi connectivity index (χ2n) is 1.70. The molecule has 0 rings (SSSR count). The summed E-state index contributed by atoms with van der Waals surface area (Å²) in [7, 11) is 0. The highest BCUT2D eigenvalue weighted by Crippen LogP contribution is 1.90. The molecular weight excluding hydrogens is 104 g/mol. The molecule has 1 atom stereocenters. The zero-order valence-electron chi connectivity index (χ0n) is 5.02. The fraction of sp³-hybridized carbons (Fsp3) is 0.500. The van der Waals surface area contributed by atoms with Gasteiger partial charge in [0, 0.05) is 6.92 Å². The minimum atomic E-state index is -1.17. The number of hydrogen-bond acceptors (Lipinski definition) is 1. The Hall–Kier alpha value is -0.340. The molecule has 0 fully saturated rings. The van der Waals surface area contributed by atoms with E-state index in [-0.39, 0.29) is 0 Å². The predicted molar refractivity (Wildman–Crippen MR) is 30.6 cm³/mol. The van der Waals surface area contributed by atoms with E-state index in [0.717, 1.165) is 5.57 Å². The zero-order valence-corrected chi connectivity index (χ0v) is 5.02. The minimum absolute atomic E-state index is 0.317. The van der Waals surface area contributed by atoms with Crippen molar-refractivity contribution in [3.8, 4) is 0 Å². The van der Waals surface area contributed by atoms with Crippen LogP contribution >= 0.6 is 0 Å². The molecule has 0 aliphatic carbocycles. The number of rotatable bonds is 3. The molecule has 0 aromatic heterocycles. The molecule has 1 unspecified atom stereocenters. The van der Waals surface area contributed by atoms with Crippen LogP contribution in [-0.2, 0) is 9.84 Å². The summed E-state index contributed by atoms with van der Waals surface area (Å²) >= 11 is 0. The van der Waals surface area contributed by atoms with Gasteiger partial charge in [-0.25, -0.2) is 5.11 Å². The first kappa shape index (κ1) is 7.66. The van der Waals surface area contributed by atoms with Gasteiger partial charge >= 0.3 is 0 Å². The highest BCUT2D eigenvalue weighted by molar-refractivity contribution is 4.87. The van der Waals surface area contributed by atoms with Crippen LogP contribution in [0.5, 0.6) is 0 Å². The molecule has 0 aromatic carbocycles. The van der Waals surface area contributed by atoms with Crippen LogP contribution < -0.4 is 0 Å². The Morgan fingerprint density at radius 2 is 2.38 bits per heavy atom. The van der Waals surface area contributed by atoms with Crippen molar-refractivity contribution in [2.45, 2.75) is 13.2 Å². The quantitative estimate of drug-likeness (QED) is 0.400. The maximum absolute atomic E-state index is 10.1. The summed E-state index contributed by atoms with van der Waals surface area (Å²) in [5, 5.41) is 10.1. The van der Waals surface area contributed by atoms with Gasteiger partial charge in [0.25, 0.3) is 0 Å². The van der Waals surface area contributed by atoms with Crippen molar-refractivity contribution in [1.82, 2.24) is 0 Å². The fourth-order valence-electron chi connectivity index (χ4n) is 0.235. The van der Waals surface area contributed by atoms with E-state index in [9.17, 15) is 5.11 Å². The average molecular weight is 114 g/mol. The molecule has 2 heteroatoms. The molecule has 8 heavy (non-hydrogen) atoms. The van der Waals surface area contributed by atoms with Crippen molar-refractivity contribution in [2.24, 2.45) is 0 Å². The predicted octanol–water partition coefficient (Wildman–Crippen LogP) is 1.17. The molecule has 0 aliphatic heterocycles. The monoisotopic (exact) mass is 114 g/mol. The smallest absolute Gasteiger partial charge is 0.191 e. The second-order valence-corrected chi connectivity index (χ2v) is 1.70. The van der Waals surface area contributed by atoms with E-state index in [0.29, 0.717) is 6.61 Å². The molecule has 2 nitrogen and oxygen atoms in total. The summed E-state index contributed by atoms with van der Waals surface area (Å²) in [6.45, 7) is 8.74. The highest BCUT2D eigenvalue weighted by Gasteiger charge is 1.94. The number of hydrogen-bond donors (Lipinski definition) is 0. The normalized spacial score (nSPS) is 13.4. The Bertz CT molecular complexity index is 76.6. The van der Waals surface area contributed by atoms with Gasteiger partial charge in [0.1, 0.15) is 0 Å². The van der Waals surface area contributed by atoms with Crippen LogP contribution in [0.4, 0.5) is 0 Å². The van der Waals surface area contributed by atoms with E-state index < -0.39 is 6.29 Å². The largest absolute Gasteiger partial charge is 0.345 e. The molecule has 0 amide bonds. The van der Waals surface area contributed by atoms with Crippen LogP contribution in [0.2, 0.25) is 0 Å². The molecule has 0 spiro atoms. The Morgan fingerprint density at radius 3 is 2.50 bits per heavy atom. The number of ether oxygens (including phenoxy) is 1. The maximum Gasteiger partial charge on any atom is 0.191 e. The van der Waals surface area contributed by atoms with Gasteiger partial charge in [-0.05, 0) is 6.92 Å². The van der Waals surface area contributed by atoms with Crippen LogP contribution in [0.3, 0.4) is 0 Å². The van der Waals surface area contributed by atoms with E-state index in [1.807, 2.05) is 0 Å². The van der Waals surface area contributed by atoms with E-state index >= 15 is 0 Å². The minimum Gasteiger partial charge on any atom is -0.345 e. The summed E-state index contributed by atoms with van der Waals surface area (Å²) in [5.74, 6) is 0. The SMILES string of the molecule is [CH2]C([O])OCC(=C)C. The lowest BCUT2D eigenvalue weighted by Crippen LogP contribution is -2.06. The van der Waals surface area contributed by atoms with Crippen molar-refractivity contribution < 1.29 is 9.84 Å². The van der Waals surface area contributed by atoms with Gasteiger partial charge in [-0.2, -0.15) is 0 Å². The molecule has 0 heterocycles. The van der Waals surface area contributed by atoms with Gasteiger partial charge in [-0.15, -0.1) is 0 Å². The molecule has 0 N–H and O–H groups in total. The van der Waals surface area contributed by atoms with Gasteiger partial charge in [0.2, 0.25) is 0 Å². The van der Waals surface area contributed by atoms with Crippen molar-refractivity contribution >= 4 is 0 Å². The summed E-state index contributed by atoms with van der Waals surface area (Å²) in [6.07, 6.45) is -1.17. The Kier molecular flexibility index (Phi) is 3.48. The Balaban J connectivity index is 3.05. The standard InChI is InChI=1S/C6H10O2/c1-5(2)4-8-6(3)7/h6H,1,3-4H2,2H3. The van der Waals surface area contributed by atoms with Gasteiger partial charge in [0.05, 0.1) is 6.61 Å². The van der Waals surface area contributed by atoms with E-state index in [1.54, 1.807) is 6.92 Å². The van der Waals surface area contributed by atoms with Crippen molar-refractivity contribution in [3.63, 3.8) is 0 Å². The maximum atomic E-state index is 10.1. The van der Waals surface area contributed by atoms with Gasteiger partial charge in [-0.3, -0.25) is 0 Å². The van der Waals surface area contributed by atoms with E-state index in [2.05, 4.69) is 18.2 Å². The first-order valence-corrected chi connectivity index (χ1v) is 2.38. The topological polar surface area (TPSA) is 29.1 Å². The molecule has 0 saturated carbocycles. The van der Waals surface area contributed by atoms with E-state index in [1.165, 1.54) is 0 Å². The molecular formula is C6H10O2. The van der Waals surface area contributed by atoms with Crippen LogP contribution in [-0.4, -0.2) is 12.9 Å². The van der Waals surface area contributed by atoms with Crippen molar-refractivity contribution in [3.05, 3.63) is 19.1 Å². The zero-order chi connectivity index (χ0) is 6.57. The highest BCUT2D eigenvalue weighted by atomic mass is 16.6. The van der Waals surface area contributed by atoms with Gasteiger partial charge < -0.3 is 4.74 Å². The summed E-state index contributed by atoms with van der Waals surface area (Å²) in [5.41, 5.74) is 0.842. The molecule has 0 aromatic rings. The van der Waals surface area contributed by atoms with Crippen LogP contribution in [0.15, 0.2) is 12.2 Å². The van der Waals surface area contributed by atoms with Crippen LogP contribution in [0.1, 0.15) is 6.92 Å². The fourth-order valence-corrected chi connectivity index (χ4v) is 0.235. The van der Waals surface area contributed by atoms with Gasteiger partial charge in [0.15, 0.2) is 6.29 Å². The molecule has 2 radical (unpaired) electrons. The summed E-state index contributed by atoms with van der Waals surface area (Å²) < 4.78 is 4.54. The molecule has 46 valence electrons. The first-order chi connectivity index (χ1) is 3.63. The molecule has 0 saturated heterocycles.